The van der Waals surface area contributed by atoms with Gasteiger partial charge in [-0.25, -0.2) is 9.38 Å². The highest BCUT2D eigenvalue weighted by molar-refractivity contribution is 7.98. The fourth-order valence-corrected chi connectivity index (χ4v) is 1.97. The Labute approximate surface area is 106 Å². The van der Waals surface area contributed by atoms with Gasteiger partial charge in [0.25, 0.3) is 0 Å². The molecule has 0 spiro atoms. The summed E-state index contributed by atoms with van der Waals surface area (Å²) in [5, 5.41) is 2.99. The van der Waals surface area contributed by atoms with Crippen LogP contribution in [0.25, 0.3) is 0 Å². The van der Waals surface area contributed by atoms with Crippen LogP contribution in [0.4, 0.5) is 4.39 Å². The lowest BCUT2D eigenvalue weighted by Gasteiger charge is -2.09. The highest BCUT2D eigenvalue weighted by Gasteiger charge is 2.03. The number of nitrogens with zero attached hydrogens (tertiary/aromatic N) is 1. The highest BCUT2D eigenvalue weighted by atomic mass is 32.2. The van der Waals surface area contributed by atoms with Gasteiger partial charge in [-0.1, -0.05) is 0 Å². The molecule has 1 rings (SSSR count). The van der Waals surface area contributed by atoms with Crippen molar-refractivity contribution in [3.63, 3.8) is 0 Å². The molecule has 5 heteroatoms. The number of rotatable bonds is 4. The summed E-state index contributed by atoms with van der Waals surface area (Å²) in [5.41, 5.74) is 6.54. The third-order valence-corrected chi connectivity index (χ3v) is 2.94. The SMILES string of the molecule is CSc1ccc(F)cc1CN=C(N)NC(C)C. The zero-order valence-corrected chi connectivity index (χ0v) is 11.1. The standard InChI is InChI=1S/C12H18FN3S/c1-8(2)16-12(14)15-7-9-6-10(13)4-5-11(9)17-3/h4-6,8H,7H2,1-3H3,(H3,14,15,16). The van der Waals surface area contributed by atoms with Crippen molar-refractivity contribution >= 4 is 17.7 Å². The largest absolute Gasteiger partial charge is 0.370 e. The summed E-state index contributed by atoms with van der Waals surface area (Å²) in [6.45, 7) is 4.36. The van der Waals surface area contributed by atoms with Crippen molar-refractivity contribution in [2.24, 2.45) is 10.7 Å². The van der Waals surface area contributed by atoms with Crippen molar-refractivity contribution in [1.82, 2.24) is 5.32 Å². The van der Waals surface area contributed by atoms with Crippen molar-refractivity contribution in [1.29, 1.82) is 0 Å². The van der Waals surface area contributed by atoms with Crippen LogP contribution in [-0.4, -0.2) is 18.3 Å². The van der Waals surface area contributed by atoms with Gasteiger partial charge in [-0.2, -0.15) is 0 Å². The Kier molecular flexibility index (Phi) is 5.28. The first-order valence-electron chi connectivity index (χ1n) is 5.41. The van der Waals surface area contributed by atoms with Crippen LogP contribution in [0, 0.1) is 5.82 Å². The molecule has 0 aliphatic carbocycles. The Morgan fingerprint density at radius 2 is 2.24 bits per heavy atom. The fraction of sp³-hybridized carbons (Fsp3) is 0.417. The van der Waals surface area contributed by atoms with E-state index in [1.54, 1.807) is 17.8 Å². The molecule has 0 aromatic heterocycles. The Morgan fingerprint density at radius 1 is 1.53 bits per heavy atom. The molecule has 0 saturated carbocycles. The number of hydrogen-bond acceptors (Lipinski definition) is 2. The van der Waals surface area contributed by atoms with Crippen LogP contribution in [0.15, 0.2) is 28.1 Å². The maximum absolute atomic E-state index is 13.1. The zero-order chi connectivity index (χ0) is 12.8. The van der Waals surface area contributed by atoms with E-state index in [-0.39, 0.29) is 11.9 Å². The summed E-state index contributed by atoms with van der Waals surface area (Å²) in [6.07, 6.45) is 1.95. The van der Waals surface area contributed by atoms with E-state index in [0.29, 0.717) is 12.5 Å². The molecule has 0 heterocycles. The number of thioether (sulfide) groups is 1. The second-order valence-electron chi connectivity index (χ2n) is 3.96. The molecular formula is C12H18FN3S. The van der Waals surface area contributed by atoms with E-state index in [0.717, 1.165) is 10.5 Å². The lowest BCUT2D eigenvalue weighted by molar-refractivity contribution is 0.623. The zero-order valence-electron chi connectivity index (χ0n) is 10.3. The molecule has 0 unspecified atom stereocenters. The monoisotopic (exact) mass is 255 g/mol. The summed E-state index contributed by atoms with van der Waals surface area (Å²) < 4.78 is 13.1. The van der Waals surface area contributed by atoms with Crippen LogP contribution in [0.1, 0.15) is 19.4 Å². The number of aliphatic imine (C=N–C) groups is 1. The molecule has 0 radical (unpaired) electrons. The quantitative estimate of drug-likeness (QED) is 0.493. The molecule has 0 fully saturated rings. The van der Waals surface area contributed by atoms with Crippen molar-refractivity contribution < 1.29 is 4.39 Å². The third kappa shape index (κ3) is 4.65. The molecule has 1 aromatic carbocycles. The van der Waals surface area contributed by atoms with Crippen LogP contribution in [-0.2, 0) is 6.54 Å². The molecule has 0 amide bonds. The first-order chi connectivity index (χ1) is 8.02. The van der Waals surface area contributed by atoms with E-state index in [2.05, 4.69) is 10.3 Å². The molecule has 17 heavy (non-hydrogen) atoms. The maximum Gasteiger partial charge on any atom is 0.189 e. The van der Waals surface area contributed by atoms with Crippen LogP contribution >= 0.6 is 11.8 Å². The second-order valence-corrected chi connectivity index (χ2v) is 4.80. The summed E-state index contributed by atoms with van der Waals surface area (Å²) in [7, 11) is 0. The predicted molar refractivity (Wildman–Crippen MR) is 71.8 cm³/mol. The van der Waals surface area contributed by atoms with Crippen molar-refractivity contribution in [2.75, 3.05) is 6.26 Å². The number of hydrogen-bond donors (Lipinski definition) is 2. The van der Waals surface area contributed by atoms with Gasteiger partial charge in [0.1, 0.15) is 5.82 Å². The first-order valence-corrected chi connectivity index (χ1v) is 6.64. The molecule has 0 atom stereocenters. The second kappa shape index (κ2) is 6.49. The minimum atomic E-state index is -0.247. The lowest BCUT2D eigenvalue weighted by atomic mass is 10.2. The average Bonchev–Trinajstić information content (AvgIpc) is 2.25. The molecule has 0 aliphatic rings. The van der Waals surface area contributed by atoms with Gasteiger partial charge in [0.15, 0.2) is 5.96 Å². The summed E-state index contributed by atoms with van der Waals surface area (Å²) >= 11 is 1.57. The molecule has 1 aromatic rings. The van der Waals surface area contributed by atoms with Crippen LogP contribution in [0.2, 0.25) is 0 Å². The fourth-order valence-electron chi connectivity index (χ4n) is 1.38. The number of halogens is 1. The van der Waals surface area contributed by atoms with E-state index < -0.39 is 0 Å². The number of nitrogens with one attached hydrogen (secondary N) is 1. The van der Waals surface area contributed by atoms with Gasteiger partial charge < -0.3 is 11.1 Å². The molecule has 0 saturated heterocycles. The maximum atomic E-state index is 13.1. The summed E-state index contributed by atoms with van der Waals surface area (Å²) in [6, 6.07) is 4.95. The Hall–Kier alpha value is -1.23. The van der Waals surface area contributed by atoms with E-state index in [9.17, 15) is 4.39 Å². The van der Waals surface area contributed by atoms with E-state index >= 15 is 0 Å². The lowest BCUT2D eigenvalue weighted by Crippen LogP contribution is -2.36. The number of guanidine groups is 1. The molecule has 0 bridgehead atoms. The van der Waals surface area contributed by atoms with Crippen molar-refractivity contribution in [2.45, 2.75) is 31.3 Å². The molecule has 94 valence electrons. The third-order valence-electron chi connectivity index (χ3n) is 2.10. The molecular weight excluding hydrogens is 237 g/mol. The van der Waals surface area contributed by atoms with Gasteiger partial charge in [0.05, 0.1) is 6.54 Å². The Morgan fingerprint density at radius 3 is 2.82 bits per heavy atom. The minimum Gasteiger partial charge on any atom is -0.370 e. The van der Waals surface area contributed by atoms with Gasteiger partial charge >= 0.3 is 0 Å². The smallest absolute Gasteiger partial charge is 0.189 e. The van der Waals surface area contributed by atoms with Gasteiger partial charge in [0.2, 0.25) is 0 Å². The normalized spacial score (nSPS) is 11.9. The predicted octanol–water partition coefficient (Wildman–Crippen LogP) is 2.36. The van der Waals surface area contributed by atoms with Gasteiger partial charge in [0, 0.05) is 10.9 Å². The minimum absolute atomic E-state index is 0.242. The Bertz CT molecular complexity index is 405. The van der Waals surface area contributed by atoms with Gasteiger partial charge in [-0.05, 0) is 43.9 Å². The molecule has 0 aliphatic heterocycles. The number of benzene rings is 1. The van der Waals surface area contributed by atoms with E-state index in [1.807, 2.05) is 20.1 Å². The summed E-state index contributed by atoms with van der Waals surface area (Å²) in [5.74, 6) is 0.139. The molecule has 3 N–H and O–H groups in total. The van der Waals surface area contributed by atoms with Crippen molar-refractivity contribution in [3.05, 3.63) is 29.6 Å². The average molecular weight is 255 g/mol. The molecule has 3 nitrogen and oxygen atoms in total. The van der Waals surface area contributed by atoms with E-state index in [4.69, 9.17) is 5.73 Å². The first kappa shape index (κ1) is 13.8. The van der Waals surface area contributed by atoms with Crippen molar-refractivity contribution in [3.8, 4) is 0 Å². The van der Waals surface area contributed by atoms with Crippen LogP contribution in [0.3, 0.4) is 0 Å². The summed E-state index contributed by atoms with van der Waals surface area (Å²) in [4.78, 5) is 5.21. The van der Waals surface area contributed by atoms with Crippen LogP contribution in [0.5, 0.6) is 0 Å². The Balaban J connectivity index is 2.77. The topological polar surface area (TPSA) is 50.4 Å². The number of nitrogens with two attached hydrogens (primary N) is 1. The van der Waals surface area contributed by atoms with Gasteiger partial charge in [-0.15, -0.1) is 11.8 Å². The van der Waals surface area contributed by atoms with Crippen LogP contribution < -0.4 is 11.1 Å². The van der Waals surface area contributed by atoms with Gasteiger partial charge in [-0.3, -0.25) is 0 Å². The van der Waals surface area contributed by atoms with E-state index in [1.165, 1.54) is 12.1 Å². The highest BCUT2D eigenvalue weighted by Crippen LogP contribution is 2.21.